The number of amides is 1. The monoisotopic (exact) mass is 559 g/mol. The number of carbonyl (C=O) groups excluding carboxylic acids is 1. The number of rotatable bonds is 9. The summed E-state index contributed by atoms with van der Waals surface area (Å²) in [6, 6.07) is 19.1. The van der Waals surface area contributed by atoms with Gasteiger partial charge in [-0.25, -0.2) is 12.8 Å². The van der Waals surface area contributed by atoms with Crippen LogP contribution in [-0.2, 0) is 21.9 Å². The fourth-order valence-corrected chi connectivity index (χ4v) is 5.98. The van der Waals surface area contributed by atoms with E-state index >= 15 is 0 Å². The van der Waals surface area contributed by atoms with Crippen LogP contribution in [0.5, 0.6) is 0 Å². The number of anilines is 2. The molecule has 1 heterocycles. The highest BCUT2D eigenvalue weighted by Crippen LogP contribution is 2.30. The first-order valence-electron chi connectivity index (χ1n) is 11.2. The van der Waals surface area contributed by atoms with Gasteiger partial charge in [-0.2, -0.15) is 0 Å². The van der Waals surface area contributed by atoms with E-state index in [-0.39, 0.29) is 27.9 Å². The number of para-hydroxylation sites is 1. The normalized spacial score (nSPS) is 11.4. The number of thioether (sulfide) groups is 1. The summed E-state index contributed by atoms with van der Waals surface area (Å²) in [7, 11) is -2.22. The van der Waals surface area contributed by atoms with Gasteiger partial charge in [-0.05, 0) is 49.4 Å². The zero-order valence-corrected chi connectivity index (χ0v) is 22.3. The number of benzene rings is 3. The van der Waals surface area contributed by atoms with Crippen molar-refractivity contribution in [3.8, 4) is 11.4 Å². The topological polar surface area (TPSA) is 97.2 Å². The average Bonchev–Trinajstić information content (AvgIpc) is 3.25. The van der Waals surface area contributed by atoms with E-state index < -0.39 is 21.7 Å². The van der Waals surface area contributed by atoms with Crippen molar-refractivity contribution >= 4 is 50.7 Å². The molecule has 4 aromatic rings. The molecule has 0 saturated heterocycles. The van der Waals surface area contributed by atoms with Crippen LogP contribution in [0.2, 0.25) is 5.02 Å². The molecule has 1 N–H and O–H groups in total. The van der Waals surface area contributed by atoms with Crippen molar-refractivity contribution in [3.63, 3.8) is 0 Å². The van der Waals surface area contributed by atoms with Gasteiger partial charge in [0.2, 0.25) is 5.91 Å². The summed E-state index contributed by atoms with van der Waals surface area (Å²) < 4.78 is 43.7. The molecular weight excluding hydrogens is 537 g/mol. The number of nitrogens with one attached hydrogen (secondary N) is 1. The van der Waals surface area contributed by atoms with Gasteiger partial charge in [0, 0.05) is 13.6 Å². The number of sulfonamides is 1. The third-order valence-electron chi connectivity index (χ3n) is 5.41. The molecule has 0 atom stereocenters. The van der Waals surface area contributed by atoms with Gasteiger partial charge in [-0.3, -0.25) is 9.10 Å². The van der Waals surface area contributed by atoms with Crippen molar-refractivity contribution in [2.24, 2.45) is 7.05 Å². The molecular formula is C25H23ClFN5O3S2. The Morgan fingerprint density at radius 1 is 1.08 bits per heavy atom. The lowest BCUT2D eigenvalue weighted by Gasteiger charge is -2.23. The SMILES string of the molecule is CCN(c1ccccc1)S(=O)(=O)c1ccc(Cl)c(NC(=O)CSc2nnc(-c3ccccc3F)n2C)c1. The third kappa shape index (κ3) is 5.79. The number of halogens is 2. The molecule has 192 valence electrons. The molecule has 0 bridgehead atoms. The van der Waals surface area contributed by atoms with Crippen molar-refractivity contribution in [2.45, 2.75) is 17.0 Å². The molecule has 0 saturated carbocycles. The van der Waals surface area contributed by atoms with E-state index in [1.807, 2.05) is 0 Å². The van der Waals surface area contributed by atoms with Crippen LogP contribution in [0, 0.1) is 5.82 Å². The van der Waals surface area contributed by atoms with Crippen LogP contribution in [0.3, 0.4) is 0 Å². The average molecular weight is 560 g/mol. The summed E-state index contributed by atoms with van der Waals surface area (Å²) in [5.74, 6) is -0.569. The minimum absolute atomic E-state index is 0.00612. The zero-order chi connectivity index (χ0) is 26.6. The number of hydrogen-bond donors (Lipinski definition) is 1. The number of carbonyl (C=O) groups is 1. The number of nitrogens with zero attached hydrogens (tertiary/aromatic N) is 4. The molecule has 3 aromatic carbocycles. The minimum atomic E-state index is -3.90. The predicted octanol–water partition coefficient (Wildman–Crippen LogP) is 5.22. The van der Waals surface area contributed by atoms with Gasteiger partial charge in [0.15, 0.2) is 11.0 Å². The summed E-state index contributed by atoms with van der Waals surface area (Å²) in [6.07, 6.45) is 0. The Hall–Kier alpha value is -3.41. The van der Waals surface area contributed by atoms with Crippen LogP contribution in [-0.4, -0.2) is 41.4 Å². The van der Waals surface area contributed by atoms with Crippen molar-refractivity contribution in [1.82, 2.24) is 14.8 Å². The highest BCUT2D eigenvalue weighted by atomic mass is 35.5. The smallest absolute Gasteiger partial charge is 0.264 e. The first-order chi connectivity index (χ1) is 17.7. The molecule has 0 aliphatic carbocycles. The highest BCUT2D eigenvalue weighted by molar-refractivity contribution is 7.99. The molecule has 0 fully saturated rings. The summed E-state index contributed by atoms with van der Waals surface area (Å²) in [4.78, 5) is 12.7. The minimum Gasteiger partial charge on any atom is -0.324 e. The largest absolute Gasteiger partial charge is 0.324 e. The maximum Gasteiger partial charge on any atom is 0.264 e. The summed E-state index contributed by atoms with van der Waals surface area (Å²) in [6.45, 7) is 1.96. The van der Waals surface area contributed by atoms with Gasteiger partial charge in [0.1, 0.15) is 5.82 Å². The second-order valence-corrected chi connectivity index (χ2v) is 11.0. The Bertz CT molecular complexity index is 1530. The van der Waals surface area contributed by atoms with Crippen molar-refractivity contribution < 1.29 is 17.6 Å². The molecule has 0 aliphatic heterocycles. The van der Waals surface area contributed by atoms with Crippen LogP contribution >= 0.6 is 23.4 Å². The van der Waals surface area contributed by atoms with Crippen LogP contribution in [0.25, 0.3) is 11.4 Å². The van der Waals surface area contributed by atoms with Gasteiger partial charge < -0.3 is 9.88 Å². The third-order valence-corrected chi connectivity index (χ3v) is 8.66. The fraction of sp³-hybridized carbons (Fsp3) is 0.160. The van der Waals surface area contributed by atoms with Crippen LogP contribution < -0.4 is 9.62 Å². The highest BCUT2D eigenvalue weighted by Gasteiger charge is 2.25. The lowest BCUT2D eigenvalue weighted by molar-refractivity contribution is -0.113. The standard InChI is InChI=1S/C25H23ClFN5O3S2/c1-3-32(17-9-5-4-6-10-17)37(34,35)18-13-14-20(26)22(15-18)28-23(33)16-36-25-30-29-24(31(25)2)19-11-7-8-12-21(19)27/h4-15H,3,16H2,1-2H3,(H,28,33). The molecule has 37 heavy (non-hydrogen) atoms. The summed E-state index contributed by atoms with van der Waals surface area (Å²) in [5, 5.41) is 11.4. The molecule has 0 spiro atoms. The van der Waals surface area contributed by atoms with Crippen LogP contribution in [0.4, 0.5) is 15.8 Å². The number of hydrogen-bond acceptors (Lipinski definition) is 6. The Morgan fingerprint density at radius 3 is 2.49 bits per heavy atom. The van der Waals surface area contributed by atoms with E-state index in [0.717, 1.165) is 11.8 Å². The second-order valence-electron chi connectivity index (χ2n) is 7.83. The van der Waals surface area contributed by atoms with Crippen LogP contribution in [0.1, 0.15) is 6.92 Å². The van der Waals surface area contributed by atoms with Gasteiger partial charge in [0.25, 0.3) is 10.0 Å². The molecule has 1 amide bonds. The molecule has 4 rings (SSSR count). The van der Waals surface area contributed by atoms with E-state index in [0.29, 0.717) is 22.2 Å². The first kappa shape index (κ1) is 26.6. The number of aromatic nitrogens is 3. The Kier molecular flexibility index (Phi) is 8.16. The van der Waals surface area contributed by atoms with Crippen molar-refractivity contribution in [2.75, 3.05) is 21.9 Å². The quantitative estimate of drug-likeness (QED) is 0.282. The van der Waals surface area contributed by atoms with E-state index in [2.05, 4.69) is 15.5 Å². The maximum atomic E-state index is 14.1. The molecule has 12 heteroatoms. The van der Waals surface area contributed by atoms with E-state index in [4.69, 9.17) is 11.6 Å². The predicted molar refractivity (Wildman–Crippen MR) is 144 cm³/mol. The van der Waals surface area contributed by atoms with Crippen molar-refractivity contribution in [3.05, 3.63) is 83.6 Å². The van der Waals surface area contributed by atoms with E-state index in [1.165, 1.54) is 28.6 Å². The van der Waals surface area contributed by atoms with Gasteiger partial charge in [0.05, 0.1) is 32.6 Å². The van der Waals surface area contributed by atoms with Gasteiger partial charge in [-0.15, -0.1) is 10.2 Å². The molecule has 1 aromatic heterocycles. The summed E-state index contributed by atoms with van der Waals surface area (Å²) in [5.41, 5.74) is 0.998. The molecule has 0 aliphatic rings. The Morgan fingerprint density at radius 2 is 1.78 bits per heavy atom. The van der Waals surface area contributed by atoms with Crippen LogP contribution in [0.15, 0.2) is 82.8 Å². The zero-order valence-electron chi connectivity index (χ0n) is 19.9. The van der Waals surface area contributed by atoms with E-state index in [9.17, 15) is 17.6 Å². The van der Waals surface area contributed by atoms with E-state index in [1.54, 1.807) is 67.1 Å². The molecule has 0 unspecified atom stereocenters. The van der Waals surface area contributed by atoms with Crippen molar-refractivity contribution in [1.29, 1.82) is 0 Å². The molecule has 0 radical (unpaired) electrons. The lowest BCUT2D eigenvalue weighted by atomic mass is 10.2. The Labute approximate surface area is 223 Å². The summed E-state index contributed by atoms with van der Waals surface area (Å²) >= 11 is 7.36. The second kappa shape index (κ2) is 11.3. The lowest BCUT2D eigenvalue weighted by Crippen LogP contribution is -2.30. The first-order valence-corrected chi connectivity index (χ1v) is 14.0. The fourth-order valence-electron chi connectivity index (χ4n) is 3.61. The maximum absolute atomic E-state index is 14.1. The van der Waals surface area contributed by atoms with Gasteiger partial charge >= 0.3 is 0 Å². The Balaban J connectivity index is 1.48. The molecule has 8 nitrogen and oxygen atoms in total. The van der Waals surface area contributed by atoms with Gasteiger partial charge in [-0.1, -0.05) is 53.7 Å².